The number of nitrogens with one attached hydrogen (secondary N) is 1. The Morgan fingerprint density at radius 2 is 2.04 bits per heavy atom. The topological polar surface area (TPSA) is 75.9 Å². The molecule has 26 heavy (non-hydrogen) atoms. The van der Waals surface area contributed by atoms with Gasteiger partial charge in [-0.05, 0) is 23.8 Å². The van der Waals surface area contributed by atoms with Crippen molar-refractivity contribution in [3.63, 3.8) is 0 Å². The first-order chi connectivity index (χ1) is 12.7. The van der Waals surface area contributed by atoms with Crippen molar-refractivity contribution in [2.24, 2.45) is 5.10 Å². The van der Waals surface area contributed by atoms with Crippen LogP contribution in [0, 0.1) is 0 Å². The maximum atomic E-state index is 13.1. The van der Waals surface area contributed by atoms with Gasteiger partial charge in [-0.3, -0.25) is 4.79 Å². The molecule has 2 heterocycles. The van der Waals surface area contributed by atoms with Crippen LogP contribution in [0.5, 0.6) is 5.75 Å². The average Bonchev–Trinajstić information content (AvgIpc) is 2.91. The molecule has 0 spiro atoms. The predicted molar refractivity (Wildman–Crippen MR) is 102 cm³/mol. The highest BCUT2D eigenvalue weighted by Gasteiger charge is 2.21. The largest absolute Gasteiger partial charge is 0.497 e. The Kier molecular flexibility index (Phi) is 4.18. The molecule has 0 radical (unpaired) electrons. The summed E-state index contributed by atoms with van der Waals surface area (Å²) in [7, 11) is 1.61. The summed E-state index contributed by atoms with van der Waals surface area (Å²) in [6.07, 6.45) is 1.65. The van der Waals surface area contributed by atoms with Gasteiger partial charge in [0.15, 0.2) is 0 Å². The molecule has 0 bridgehead atoms. The molecule has 1 aliphatic heterocycles. The first-order valence-electron chi connectivity index (χ1n) is 8.42. The summed E-state index contributed by atoms with van der Waals surface area (Å²) in [5.41, 5.74) is 5.41. The first kappa shape index (κ1) is 16.4. The third kappa shape index (κ3) is 2.64. The summed E-state index contributed by atoms with van der Waals surface area (Å²) in [5, 5.41) is 15.2. The van der Waals surface area contributed by atoms with E-state index < -0.39 is 0 Å². The zero-order valence-electron chi connectivity index (χ0n) is 14.3. The van der Waals surface area contributed by atoms with Gasteiger partial charge in [0.1, 0.15) is 5.75 Å². The van der Waals surface area contributed by atoms with Crippen molar-refractivity contribution in [3.05, 3.63) is 64.6 Å². The SMILES string of the molecule is COc1ccc2c(=O)n3c(c(-c4ccccc4)c2c1)C=NNC(CO)C3. The number of pyridine rings is 1. The normalized spacial score (nSPS) is 16.0. The van der Waals surface area contributed by atoms with Crippen LogP contribution in [0.3, 0.4) is 0 Å². The van der Waals surface area contributed by atoms with Crippen molar-refractivity contribution in [2.45, 2.75) is 12.6 Å². The number of hydrogen-bond donors (Lipinski definition) is 2. The second-order valence-corrected chi connectivity index (χ2v) is 6.22. The molecule has 0 aliphatic carbocycles. The molecule has 1 atom stereocenters. The molecule has 3 aromatic rings. The molecule has 1 aromatic heterocycles. The Labute approximate surface area is 150 Å². The molecule has 2 N–H and O–H groups in total. The van der Waals surface area contributed by atoms with Crippen LogP contribution in [0.1, 0.15) is 5.69 Å². The fourth-order valence-electron chi connectivity index (χ4n) is 3.36. The molecule has 0 fully saturated rings. The fraction of sp³-hybridized carbons (Fsp3) is 0.200. The summed E-state index contributed by atoms with van der Waals surface area (Å²) < 4.78 is 7.05. The van der Waals surface area contributed by atoms with Crippen LogP contribution in [0.15, 0.2) is 58.4 Å². The van der Waals surface area contributed by atoms with Gasteiger partial charge in [0.2, 0.25) is 0 Å². The molecule has 0 saturated carbocycles. The third-order valence-electron chi connectivity index (χ3n) is 4.65. The predicted octanol–water partition coefficient (Wildman–Crippen LogP) is 1.98. The molecule has 0 amide bonds. The summed E-state index contributed by atoms with van der Waals surface area (Å²) in [5.74, 6) is 0.691. The van der Waals surface area contributed by atoms with Gasteiger partial charge in [-0.25, -0.2) is 0 Å². The van der Waals surface area contributed by atoms with Crippen LogP contribution in [-0.2, 0) is 6.54 Å². The smallest absolute Gasteiger partial charge is 0.259 e. The van der Waals surface area contributed by atoms with Gasteiger partial charge >= 0.3 is 0 Å². The van der Waals surface area contributed by atoms with E-state index in [9.17, 15) is 9.90 Å². The van der Waals surface area contributed by atoms with Gasteiger partial charge < -0.3 is 19.8 Å². The number of rotatable bonds is 3. The lowest BCUT2D eigenvalue weighted by Gasteiger charge is -2.18. The number of ether oxygens (including phenoxy) is 1. The van der Waals surface area contributed by atoms with Crippen LogP contribution in [0.2, 0.25) is 0 Å². The standard InChI is InChI=1S/C20H19N3O3/c1-26-15-7-8-16-17(9-15)19(13-5-3-2-4-6-13)18-10-21-22-14(12-24)11-23(18)20(16)25/h2-10,14,22,24H,11-12H2,1H3. The van der Waals surface area contributed by atoms with E-state index in [4.69, 9.17) is 4.74 Å². The van der Waals surface area contributed by atoms with Crippen molar-refractivity contribution in [1.82, 2.24) is 9.99 Å². The lowest BCUT2D eigenvalue weighted by Crippen LogP contribution is -2.36. The van der Waals surface area contributed by atoms with E-state index in [-0.39, 0.29) is 18.2 Å². The van der Waals surface area contributed by atoms with Gasteiger partial charge in [0.05, 0.1) is 38.2 Å². The fourth-order valence-corrected chi connectivity index (χ4v) is 3.36. The van der Waals surface area contributed by atoms with E-state index in [2.05, 4.69) is 10.5 Å². The zero-order chi connectivity index (χ0) is 18.1. The van der Waals surface area contributed by atoms with Crippen molar-refractivity contribution in [1.29, 1.82) is 0 Å². The number of aromatic nitrogens is 1. The number of aliphatic hydroxyl groups is 1. The van der Waals surface area contributed by atoms with Crippen molar-refractivity contribution in [3.8, 4) is 16.9 Å². The lowest BCUT2D eigenvalue weighted by atomic mass is 9.96. The van der Waals surface area contributed by atoms with Crippen LogP contribution in [0.4, 0.5) is 0 Å². The number of nitrogens with zero attached hydrogens (tertiary/aromatic N) is 2. The molecule has 1 aliphatic rings. The van der Waals surface area contributed by atoms with Gasteiger partial charge in [-0.15, -0.1) is 0 Å². The third-order valence-corrected chi connectivity index (χ3v) is 4.65. The Bertz CT molecular complexity index is 1040. The minimum absolute atomic E-state index is 0.106. The number of fused-ring (bicyclic) bond motifs is 2. The van der Waals surface area contributed by atoms with Gasteiger partial charge in [-0.2, -0.15) is 5.10 Å². The monoisotopic (exact) mass is 349 g/mol. The van der Waals surface area contributed by atoms with Crippen LogP contribution < -0.4 is 15.7 Å². The molecule has 1 unspecified atom stereocenters. The number of aliphatic hydroxyl groups excluding tert-OH is 1. The number of benzene rings is 2. The Hall–Kier alpha value is -3.12. The van der Waals surface area contributed by atoms with E-state index in [1.807, 2.05) is 36.4 Å². The number of hydrogen-bond acceptors (Lipinski definition) is 5. The quantitative estimate of drug-likeness (QED) is 0.758. The second kappa shape index (κ2) is 6.65. The Morgan fingerprint density at radius 3 is 2.77 bits per heavy atom. The lowest BCUT2D eigenvalue weighted by molar-refractivity contribution is 0.231. The van der Waals surface area contributed by atoms with Crippen LogP contribution in [-0.4, -0.2) is 35.6 Å². The zero-order valence-corrected chi connectivity index (χ0v) is 14.3. The average molecular weight is 349 g/mol. The maximum absolute atomic E-state index is 13.1. The molecular formula is C20H19N3O3. The van der Waals surface area contributed by atoms with E-state index in [0.29, 0.717) is 23.4 Å². The van der Waals surface area contributed by atoms with Crippen molar-refractivity contribution >= 4 is 17.0 Å². The molecule has 2 aromatic carbocycles. The summed E-state index contributed by atoms with van der Waals surface area (Å²) in [6.45, 7) is 0.233. The molecule has 0 saturated heterocycles. The highest BCUT2D eigenvalue weighted by molar-refractivity contribution is 6.04. The van der Waals surface area contributed by atoms with E-state index in [1.54, 1.807) is 30.0 Å². The van der Waals surface area contributed by atoms with E-state index >= 15 is 0 Å². The molecule has 6 nitrogen and oxygen atoms in total. The molecule has 4 rings (SSSR count). The van der Waals surface area contributed by atoms with Crippen molar-refractivity contribution in [2.75, 3.05) is 13.7 Å². The molecular weight excluding hydrogens is 330 g/mol. The summed E-state index contributed by atoms with van der Waals surface area (Å²) in [6, 6.07) is 15.1. The van der Waals surface area contributed by atoms with Crippen LogP contribution >= 0.6 is 0 Å². The van der Waals surface area contributed by atoms with Gasteiger partial charge in [-0.1, -0.05) is 30.3 Å². The second-order valence-electron chi connectivity index (χ2n) is 6.22. The minimum atomic E-state index is -0.315. The number of hydrazone groups is 1. The Morgan fingerprint density at radius 1 is 1.23 bits per heavy atom. The van der Waals surface area contributed by atoms with E-state index in [1.165, 1.54) is 0 Å². The minimum Gasteiger partial charge on any atom is -0.497 e. The summed E-state index contributed by atoms with van der Waals surface area (Å²) >= 11 is 0. The Balaban J connectivity index is 2.13. The van der Waals surface area contributed by atoms with Crippen molar-refractivity contribution < 1.29 is 9.84 Å². The van der Waals surface area contributed by atoms with Gasteiger partial charge in [0.25, 0.3) is 5.56 Å². The molecule has 132 valence electrons. The highest BCUT2D eigenvalue weighted by atomic mass is 16.5. The number of methoxy groups -OCH3 is 1. The van der Waals surface area contributed by atoms with Gasteiger partial charge in [0, 0.05) is 16.3 Å². The molecule has 6 heteroatoms. The highest BCUT2D eigenvalue weighted by Crippen LogP contribution is 2.32. The van der Waals surface area contributed by atoms with E-state index in [0.717, 1.165) is 16.5 Å². The maximum Gasteiger partial charge on any atom is 0.259 e. The summed E-state index contributed by atoms with van der Waals surface area (Å²) in [4.78, 5) is 13.1. The first-order valence-corrected chi connectivity index (χ1v) is 8.42. The van der Waals surface area contributed by atoms with Crippen LogP contribution in [0.25, 0.3) is 21.9 Å².